The van der Waals surface area contributed by atoms with Gasteiger partial charge < -0.3 is 10.2 Å². The van der Waals surface area contributed by atoms with Gasteiger partial charge in [0.2, 0.25) is 0 Å². The number of hydrogen-bond acceptors (Lipinski definition) is 7. The summed E-state index contributed by atoms with van der Waals surface area (Å²) in [7, 11) is 0. The lowest BCUT2D eigenvalue weighted by atomic mass is 10.1. The maximum atomic E-state index is 12.9. The maximum absolute atomic E-state index is 12.9. The monoisotopic (exact) mass is 531 g/mol. The Hall–Kier alpha value is -3.89. The quantitative estimate of drug-likeness (QED) is 0.177. The first-order valence-corrected chi connectivity index (χ1v) is 13.2. The summed E-state index contributed by atoms with van der Waals surface area (Å²) in [4.78, 5) is 30.9. The molecule has 2 heterocycles. The van der Waals surface area contributed by atoms with Crippen molar-refractivity contribution in [1.29, 1.82) is 0 Å². The van der Waals surface area contributed by atoms with Crippen LogP contribution in [0.15, 0.2) is 60.7 Å². The number of anilines is 2. The fourth-order valence-corrected chi connectivity index (χ4v) is 5.59. The first kappa shape index (κ1) is 24.8. The molecule has 188 valence electrons. The third kappa shape index (κ3) is 5.45. The van der Waals surface area contributed by atoms with Gasteiger partial charge in [-0.1, -0.05) is 24.3 Å². The number of benzene rings is 3. The van der Waals surface area contributed by atoms with Crippen LogP contribution in [0.3, 0.4) is 0 Å². The van der Waals surface area contributed by atoms with E-state index in [1.165, 1.54) is 6.07 Å². The largest absolute Gasteiger partial charge is 0.366 e. The number of carbonyl (C=O) groups is 1. The summed E-state index contributed by atoms with van der Waals surface area (Å²) < 4.78 is 1.11. The van der Waals surface area contributed by atoms with Crippen LogP contribution >= 0.6 is 23.6 Å². The summed E-state index contributed by atoms with van der Waals surface area (Å²) in [6.07, 6.45) is 3.12. The Kier molecular flexibility index (Phi) is 7.11. The van der Waals surface area contributed by atoms with E-state index in [1.54, 1.807) is 23.5 Å². The molecule has 1 aliphatic heterocycles. The van der Waals surface area contributed by atoms with Gasteiger partial charge in [-0.25, -0.2) is 4.98 Å². The molecule has 1 fully saturated rings. The molecule has 1 aromatic heterocycles. The number of nitro benzene ring substituents is 1. The second-order valence-corrected chi connectivity index (χ2v) is 10.4. The number of piperidine rings is 1. The number of para-hydroxylation sites is 1. The van der Waals surface area contributed by atoms with Crippen molar-refractivity contribution in [3.8, 4) is 10.6 Å². The van der Waals surface area contributed by atoms with Crippen LogP contribution < -0.4 is 15.5 Å². The normalized spacial score (nSPS) is 13.4. The number of aromatic nitrogens is 1. The van der Waals surface area contributed by atoms with Crippen LogP contribution in [-0.4, -0.2) is 34.0 Å². The third-order valence-corrected chi connectivity index (χ3v) is 7.67. The molecule has 5 rings (SSSR count). The highest BCUT2D eigenvalue weighted by molar-refractivity contribution is 7.80. The van der Waals surface area contributed by atoms with Gasteiger partial charge >= 0.3 is 0 Å². The molecule has 8 nitrogen and oxygen atoms in total. The molecular formula is C27H25N5O3S2. The SMILES string of the molecule is Cc1ccc(-c2nc3ccccc3s2)cc1NC(=S)NC(=O)c1ccc(N2CCCCC2)c([N+](=O)[O-])c1. The minimum Gasteiger partial charge on any atom is -0.366 e. The Morgan fingerprint density at radius 3 is 2.62 bits per heavy atom. The van der Waals surface area contributed by atoms with E-state index in [0.29, 0.717) is 5.69 Å². The Bertz CT molecular complexity index is 1480. The number of fused-ring (bicyclic) bond motifs is 1. The van der Waals surface area contributed by atoms with Crippen LogP contribution in [0.2, 0.25) is 0 Å². The predicted molar refractivity (Wildman–Crippen MR) is 153 cm³/mol. The molecule has 0 atom stereocenters. The molecule has 0 unspecified atom stereocenters. The van der Waals surface area contributed by atoms with Gasteiger partial charge in [0, 0.05) is 36.0 Å². The van der Waals surface area contributed by atoms with Crippen LogP contribution in [0.25, 0.3) is 20.8 Å². The average molecular weight is 532 g/mol. The fourth-order valence-electron chi connectivity index (χ4n) is 4.43. The number of amides is 1. The zero-order valence-electron chi connectivity index (χ0n) is 20.2. The van der Waals surface area contributed by atoms with Crippen LogP contribution in [0, 0.1) is 17.0 Å². The minimum absolute atomic E-state index is 0.0761. The molecule has 0 aliphatic carbocycles. The summed E-state index contributed by atoms with van der Waals surface area (Å²) in [6, 6.07) is 18.5. The minimum atomic E-state index is -0.509. The standard InChI is InChI=1S/C27H25N5O3S2/c1-17-9-10-19(26-28-20-7-3-4-8-24(20)37-26)15-21(17)29-27(36)30-25(33)18-11-12-22(23(16-18)32(34)35)31-13-5-2-6-14-31/h3-4,7-12,15-16H,2,5-6,13-14H2,1H3,(H2,29,30,33,36). The number of thiocarbonyl (C=S) groups is 1. The second-order valence-electron chi connectivity index (χ2n) is 8.93. The van der Waals surface area contributed by atoms with Gasteiger partial charge in [-0.2, -0.15) is 0 Å². The zero-order chi connectivity index (χ0) is 25.9. The van der Waals surface area contributed by atoms with Crippen LogP contribution in [-0.2, 0) is 0 Å². The van der Waals surface area contributed by atoms with Crippen LogP contribution in [0.4, 0.5) is 17.1 Å². The van der Waals surface area contributed by atoms with E-state index in [4.69, 9.17) is 17.2 Å². The lowest BCUT2D eigenvalue weighted by Gasteiger charge is -2.28. The topological polar surface area (TPSA) is 100 Å². The lowest BCUT2D eigenvalue weighted by Crippen LogP contribution is -2.34. The number of aryl methyl sites for hydroxylation is 1. The fraction of sp³-hybridized carbons (Fsp3) is 0.222. The highest BCUT2D eigenvalue weighted by Gasteiger charge is 2.23. The van der Waals surface area contributed by atoms with Gasteiger partial charge in [-0.3, -0.25) is 20.2 Å². The van der Waals surface area contributed by atoms with Gasteiger partial charge in [-0.15, -0.1) is 11.3 Å². The number of hydrogen-bond donors (Lipinski definition) is 2. The van der Waals surface area contributed by atoms with Crippen LogP contribution in [0.1, 0.15) is 35.2 Å². The van der Waals surface area contributed by atoms with E-state index in [0.717, 1.165) is 64.4 Å². The first-order valence-electron chi connectivity index (χ1n) is 12.0. The molecule has 0 saturated carbocycles. The van der Waals surface area contributed by atoms with E-state index in [9.17, 15) is 14.9 Å². The Labute approximate surface area is 223 Å². The molecule has 3 aromatic carbocycles. The molecule has 0 bridgehead atoms. The summed E-state index contributed by atoms with van der Waals surface area (Å²) in [6.45, 7) is 3.49. The molecule has 10 heteroatoms. The summed E-state index contributed by atoms with van der Waals surface area (Å²) in [5.74, 6) is -0.509. The highest BCUT2D eigenvalue weighted by atomic mass is 32.1. The highest BCUT2D eigenvalue weighted by Crippen LogP contribution is 2.33. The Balaban J connectivity index is 1.31. The van der Waals surface area contributed by atoms with Crippen molar-refractivity contribution in [2.24, 2.45) is 0 Å². The van der Waals surface area contributed by atoms with Crippen molar-refractivity contribution in [3.63, 3.8) is 0 Å². The third-order valence-electron chi connectivity index (χ3n) is 6.38. The number of carbonyl (C=O) groups excluding carboxylic acids is 1. The van der Waals surface area contributed by atoms with E-state index in [2.05, 4.69) is 10.6 Å². The number of nitrogens with zero attached hydrogens (tertiary/aromatic N) is 3. The van der Waals surface area contributed by atoms with Gasteiger partial charge in [0.25, 0.3) is 11.6 Å². The van der Waals surface area contributed by atoms with Gasteiger partial charge in [0.1, 0.15) is 10.7 Å². The molecular weight excluding hydrogens is 506 g/mol. The van der Waals surface area contributed by atoms with Gasteiger partial charge in [0.15, 0.2) is 5.11 Å². The summed E-state index contributed by atoms with van der Waals surface area (Å²) >= 11 is 7.01. The smallest absolute Gasteiger partial charge is 0.293 e. The van der Waals surface area contributed by atoms with Crippen molar-refractivity contribution in [3.05, 3.63) is 81.9 Å². The molecule has 1 aliphatic rings. The van der Waals surface area contributed by atoms with Gasteiger partial charge in [-0.05, 0) is 74.3 Å². The molecule has 37 heavy (non-hydrogen) atoms. The average Bonchev–Trinajstić information content (AvgIpc) is 3.34. The van der Waals surface area contributed by atoms with Crippen molar-refractivity contribution in [2.45, 2.75) is 26.2 Å². The predicted octanol–water partition coefficient (Wildman–Crippen LogP) is 6.30. The number of thiazole rings is 1. The van der Waals surface area contributed by atoms with Crippen molar-refractivity contribution in [2.75, 3.05) is 23.3 Å². The number of nitrogens with one attached hydrogen (secondary N) is 2. The Morgan fingerprint density at radius 1 is 1.08 bits per heavy atom. The molecule has 1 saturated heterocycles. The molecule has 0 radical (unpaired) electrons. The Morgan fingerprint density at radius 2 is 1.86 bits per heavy atom. The molecule has 0 spiro atoms. The van der Waals surface area contributed by atoms with E-state index < -0.39 is 10.8 Å². The van der Waals surface area contributed by atoms with E-state index in [1.807, 2.05) is 54.3 Å². The summed E-state index contributed by atoms with van der Waals surface area (Å²) in [5.41, 5.74) is 4.22. The zero-order valence-corrected chi connectivity index (χ0v) is 21.8. The molecule has 2 N–H and O–H groups in total. The lowest BCUT2D eigenvalue weighted by molar-refractivity contribution is -0.384. The second kappa shape index (κ2) is 10.6. The number of rotatable bonds is 5. The first-order chi connectivity index (χ1) is 17.9. The van der Waals surface area contributed by atoms with E-state index >= 15 is 0 Å². The van der Waals surface area contributed by atoms with Crippen molar-refractivity contribution < 1.29 is 9.72 Å². The van der Waals surface area contributed by atoms with Crippen molar-refractivity contribution >= 4 is 61.9 Å². The molecule has 4 aromatic rings. The summed E-state index contributed by atoms with van der Waals surface area (Å²) in [5, 5.41) is 18.5. The van der Waals surface area contributed by atoms with Crippen LogP contribution in [0.5, 0.6) is 0 Å². The van der Waals surface area contributed by atoms with Crippen molar-refractivity contribution in [1.82, 2.24) is 10.3 Å². The number of nitro groups is 1. The maximum Gasteiger partial charge on any atom is 0.293 e. The van der Waals surface area contributed by atoms with E-state index in [-0.39, 0.29) is 16.4 Å². The molecule has 1 amide bonds. The van der Waals surface area contributed by atoms with Gasteiger partial charge in [0.05, 0.1) is 15.1 Å².